The van der Waals surface area contributed by atoms with Crippen molar-refractivity contribution in [2.75, 3.05) is 5.73 Å². The molecule has 0 unspecified atom stereocenters. The molecule has 0 radical (unpaired) electrons. The van der Waals surface area contributed by atoms with Gasteiger partial charge in [-0.3, -0.25) is 0 Å². The molecule has 0 spiro atoms. The minimum absolute atomic E-state index is 0.607. The zero-order valence-corrected chi connectivity index (χ0v) is 11.4. The van der Waals surface area contributed by atoms with Gasteiger partial charge in [-0.25, -0.2) is 14.6 Å². The number of hydrogen-bond donors (Lipinski definition) is 1. The third-order valence-corrected chi connectivity index (χ3v) is 2.93. The Balaban J connectivity index is 2.62. The van der Waals surface area contributed by atoms with Crippen molar-refractivity contribution >= 4 is 5.69 Å². The van der Waals surface area contributed by atoms with Crippen LogP contribution in [-0.2, 0) is 12.8 Å². The maximum Gasteiger partial charge on any atom is 0.251 e. The molecule has 0 saturated heterocycles. The Labute approximate surface area is 107 Å². The van der Waals surface area contributed by atoms with Crippen molar-refractivity contribution in [1.29, 1.82) is 0 Å². The second kappa shape index (κ2) is 4.76. The van der Waals surface area contributed by atoms with E-state index in [9.17, 15) is 0 Å². The summed E-state index contributed by atoms with van der Waals surface area (Å²) in [5.74, 6) is 0.607. The number of hydrogen-bond acceptors (Lipinski definition) is 4. The number of nitrogens with two attached hydrogens (primary N) is 1. The number of aromatic nitrogens is 4. The van der Waals surface area contributed by atoms with Crippen LogP contribution in [0.15, 0.2) is 6.07 Å². The highest BCUT2D eigenvalue weighted by Crippen LogP contribution is 2.20. The van der Waals surface area contributed by atoms with Gasteiger partial charge < -0.3 is 5.73 Å². The fourth-order valence-electron chi connectivity index (χ4n) is 2.08. The van der Waals surface area contributed by atoms with Crippen LogP contribution in [0.5, 0.6) is 0 Å². The minimum Gasteiger partial charge on any atom is -0.396 e. The van der Waals surface area contributed by atoms with E-state index in [0.717, 1.165) is 41.3 Å². The lowest BCUT2D eigenvalue weighted by Crippen LogP contribution is -2.09. The Hall–Kier alpha value is -1.91. The van der Waals surface area contributed by atoms with E-state index in [2.05, 4.69) is 22.0 Å². The minimum atomic E-state index is 0.607. The monoisotopic (exact) mass is 245 g/mol. The molecule has 0 aliphatic carbocycles. The van der Waals surface area contributed by atoms with Crippen LogP contribution >= 0.6 is 0 Å². The van der Waals surface area contributed by atoms with Gasteiger partial charge in [-0.05, 0) is 32.8 Å². The molecule has 0 amide bonds. The lowest BCUT2D eigenvalue weighted by atomic mass is 10.2. The Kier molecular flexibility index (Phi) is 3.32. The van der Waals surface area contributed by atoms with Crippen molar-refractivity contribution < 1.29 is 0 Å². The molecule has 2 heterocycles. The van der Waals surface area contributed by atoms with Gasteiger partial charge >= 0.3 is 0 Å². The number of nitrogen functional groups attached to an aromatic ring is 1. The van der Waals surface area contributed by atoms with Gasteiger partial charge in [0.1, 0.15) is 0 Å². The molecule has 0 bridgehead atoms. The van der Waals surface area contributed by atoms with Crippen LogP contribution in [0.2, 0.25) is 0 Å². The van der Waals surface area contributed by atoms with Gasteiger partial charge in [-0.1, -0.05) is 13.8 Å². The van der Waals surface area contributed by atoms with Gasteiger partial charge in [0, 0.05) is 11.4 Å². The summed E-state index contributed by atoms with van der Waals surface area (Å²) in [4.78, 5) is 8.87. The SMILES string of the molecule is CCc1nn(-c2nc(C)cc(C)n2)c(CC)c1N. The highest BCUT2D eigenvalue weighted by Gasteiger charge is 2.15. The first-order valence-electron chi connectivity index (χ1n) is 6.25. The van der Waals surface area contributed by atoms with Gasteiger partial charge in [-0.15, -0.1) is 0 Å². The second-order valence-electron chi connectivity index (χ2n) is 4.38. The first-order valence-corrected chi connectivity index (χ1v) is 6.25. The maximum absolute atomic E-state index is 6.10. The molecule has 2 aromatic heterocycles. The Morgan fingerprint density at radius 2 is 1.72 bits per heavy atom. The summed E-state index contributed by atoms with van der Waals surface area (Å²) >= 11 is 0. The van der Waals surface area contributed by atoms with Crippen molar-refractivity contribution in [3.63, 3.8) is 0 Å². The molecular weight excluding hydrogens is 226 g/mol. The van der Waals surface area contributed by atoms with E-state index in [-0.39, 0.29) is 0 Å². The average Bonchev–Trinajstić information content (AvgIpc) is 2.64. The number of nitrogens with zero attached hydrogens (tertiary/aromatic N) is 4. The first kappa shape index (κ1) is 12.5. The predicted octanol–water partition coefficient (Wildman–Crippen LogP) is 1.99. The van der Waals surface area contributed by atoms with Gasteiger partial charge in [-0.2, -0.15) is 5.10 Å². The van der Waals surface area contributed by atoms with Crippen molar-refractivity contribution in [1.82, 2.24) is 19.7 Å². The zero-order chi connectivity index (χ0) is 13.3. The molecule has 0 saturated carbocycles. The van der Waals surface area contributed by atoms with Crippen LogP contribution < -0.4 is 5.73 Å². The van der Waals surface area contributed by atoms with E-state index in [1.165, 1.54) is 0 Å². The molecular formula is C13H19N5. The molecule has 0 fully saturated rings. The van der Waals surface area contributed by atoms with Crippen LogP contribution in [0, 0.1) is 13.8 Å². The van der Waals surface area contributed by atoms with Crippen LogP contribution in [-0.4, -0.2) is 19.7 Å². The summed E-state index contributed by atoms with van der Waals surface area (Å²) in [6.07, 6.45) is 1.63. The van der Waals surface area contributed by atoms with E-state index in [1.807, 2.05) is 26.8 Å². The lowest BCUT2D eigenvalue weighted by Gasteiger charge is -2.06. The lowest BCUT2D eigenvalue weighted by molar-refractivity contribution is 0.738. The summed E-state index contributed by atoms with van der Waals surface area (Å²) in [6, 6.07) is 1.95. The fraction of sp³-hybridized carbons (Fsp3) is 0.462. The second-order valence-corrected chi connectivity index (χ2v) is 4.38. The van der Waals surface area contributed by atoms with Gasteiger partial charge in [0.05, 0.1) is 17.1 Å². The molecule has 2 rings (SSSR count). The topological polar surface area (TPSA) is 69.6 Å². The van der Waals surface area contributed by atoms with E-state index >= 15 is 0 Å². The summed E-state index contributed by atoms with van der Waals surface area (Å²) in [5.41, 5.74) is 10.6. The summed E-state index contributed by atoms with van der Waals surface area (Å²) in [5, 5.41) is 4.52. The highest BCUT2D eigenvalue weighted by molar-refractivity contribution is 5.50. The summed E-state index contributed by atoms with van der Waals surface area (Å²) < 4.78 is 1.77. The van der Waals surface area contributed by atoms with Gasteiger partial charge in [0.2, 0.25) is 0 Å². The molecule has 2 aromatic rings. The number of anilines is 1. The quantitative estimate of drug-likeness (QED) is 0.897. The summed E-state index contributed by atoms with van der Waals surface area (Å²) in [6.45, 7) is 8.02. The fourth-order valence-corrected chi connectivity index (χ4v) is 2.08. The number of rotatable bonds is 3. The van der Waals surface area contributed by atoms with E-state index in [0.29, 0.717) is 5.95 Å². The Morgan fingerprint density at radius 1 is 1.11 bits per heavy atom. The van der Waals surface area contributed by atoms with Crippen molar-refractivity contribution in [3.05, 3.63) is 28.8 Å². The highest BCUT2D eigenvalue weighted by atomic mass is 15.4. The van der Waals surface area contributed by atoms with E-state index < -0.39 is 0 Å². The molecule has 0 aromatic carbocycles. The average molecular weight is 245 g/mol. The van der Waals surface area contributed by atoms with Crippen molar-refractivity contribution in [2.45, 2.75) is 40.5 Å². The third kappa shape index (κ3) is 2.08. The van der Waals surface area contributed by atoms with Crippen molar-refractivity contribution in [3.8, 4) is 5.95 Å². The van der Waals surface area contributed by atoms with E-state index in [1.54, 1.807) is 4.68 Å². The third-order valence-electron chi connectivity index (χ3n) is 2.93. The molecule has 0 aliphatic heterocycles. The Morgan fingerprint density at radius 3 is 2.22 bits per heavy atom. The van der Waals surface area contributed by atoms with Gasteiger partial charge in [0.25, 0.3) is 5.95 Å². The van der Waals surface area contributed by atoms with Crippen LogP contribution in [0.3, 0.4) is 0 Å². The molecule has 18 heavy (non-hydrogen) atoms. The van der Waals surface area contributed by atoms with Crippen LogP contribution in [0.4, 0.5) is 5.69 Å². The first-order chi connectivity index (χ1) is 8.56. The standard InChI is InChI=1S/C13H19N5/c1-5-10-12(14)11(6-2)18(17-10)13-15-8(3)7-9(4)16-13/h7H,5-6,14H2,1-4H3. The smallest absolute Gasteiger partial charge is 0.251 e. The predicted molar refractivity (Wildman–Crippen MR) is 71.8 cm³/mol. The molecule has 0 aliphatic rings. The molecule has 0 atom stereocenters. The van der Waals surface area contributed by atoms with Crippen LogP contribution in [0.1, 0.15) is 36.6 Å². The van der Waals surface area contributed by atoms with Crippen LogP contribution in [0.25, 0.3) is 5.95 Å². The van der Waals surface area contributed by atoms with E-state index in [4.69, 9.17) is 5.73 Å². The van der Waals surface area contributed by atoms with Crippen molar-refractivity contribution in [2.24, 2.45) is 0 Å². The molecule has 5 nitrogen and oxygen atoms in total. The maximum atomic E-state index is 6.10. The molecule has 96 valence electrons. The zero-order valence-electron chi connectivity index (χ0n) is 11.4. The Bertz CT molecular complexity index is 551. The number of aryl methyl sites for hydroxylation is 3. The normalized spacial score (nSPS) is 10.9. The largest absolute Gasteiger partial charge is 0.396 e. The molecule has 5 heteroatoms. The summed E-state index contributed by atoms with van der Waals surface area (Å²) in [7, 11) is 0. The molecule has 2 N–H and O–H groups in total. The van der Waals surface area contributed by atoms with Gasteiger partial charge in [0.15, 0.2) is 0 Å².